The Morgan fingerprint density at radius 3 is 3.06 bits per heavy atom. The van der Waals surface area contributed by atoms with Crippen molar-refractivity contribution in [3.8, 4) is 6.07 Å². The first-order valence-electron chi connectivity index (χ1n) is 5.14. The highest BCUT2D eigenvalue weighted by molar-refractivity contribution is 5.93. The molecule has 88 valence electrons. The quantitative estimate of drug-likeness (QED) is 0.485. The number of aryl methyl sites for hydroxylation is 1. The number of aromatic nitrogens is 1. The fourth-order valence-electron chi connectivity index (χ4n) is 1.11. The lowest BCUT2D eigenvalue weighted by molar-refractivity contribution is -0.138. The van der Waals surface area contributed by atoms with E-state index in [9.17, 15) is 4.79 Å². The van der Waals surface area contributed by atoms with E-state index in [1.165, 1.54) is 6.20 Å². The van der Waals surface area contributed by atoms with Gasteiger partial charge in [-0.15, -0.1) is 0 Å². The molecule has 0 spiro atoms. The lowest BCUT2D eigenvalue weighted by Crippen LogP contribution is -2.08. The highest BCUT2D eigenvalue weighted by Crippen LogP contribution is 2.06. The predicted molar refractivity (Wildman–Crippen MR) is 62.9 cm³/mol. The maximum atomic E-state index is 11.3. The molecule has 0 amide bonds. The zero-order valence-electron chi connectivity index (χ0n) is 9.73. The Bertz CT molecular complexity index is 475. The molecule has 1 N–H and O–H groups in total. The van der Waals surface area contributed by atoms with Gasteiger partial charge in [0, 0.05) is 12.4 Å². The van der Waals surface area contributed by atoms with Crippen molar-refractivity contribution in [1.29, 1.82) is 5.26 Å². The fourth-order valence-corrected chi connectivity index (χ4v) is 1.11. The van der Waals surface area contributed by atoms with Crippen LogP contribution in [0.25, 0.3) is 0 Å². The molecule has 1 heterocycles. The van der Waals surface area contributed by atoms with Crippen molar-refractivity contribution in [3.63, 3.8) is 0 Å². The van der Waals surface area contributed by atoms with Gasteiger partial charge in [-0.1, -0.05) is 0 Å². The highest BCUT2D eigenvalue weighted by atomic mass is 16.5. The molecule has 17 heavy (non-hydrogen) atoms. The van der Waals surface area contributed by atoms with Gasteiger partial charge in [0.25, 0.3) is 0 Å². The Morgan fingerprint density at radius 2 is 2.47 bits per heavy atom. The molecule has 0 fully saturated rings. The Morgan fingerprint density at radius 1 is 1.71 bits per heavy atom. The van der Waals surface area contributed by atoms with Crippen LogP contribution in [0.5, 0.6) is 0 Å². The first-order chi connectivity index (χ1) is 8.17. The SMILES string of the molecule is CCOC(=O)/C(C#N)=C\Nc1cc(C)ccn1. The highest BCUT2D eigenvalue weighted by Gasteiger charge is 2.08. The Labute approximate surface area is 99.7 Å². The molecular formula is C12H13N3O2. The third-order valence-electron chi connectivity index (χ3n) is 1.90. The summed E-state index contributed by atoms with van der Waals surface area (Å²) in [5, 5.41) is 11.6. The van der Waals surface area contributed by atoms with Crippen molar-refractivity contribution >= 4 is 11.8 Å². The number of nitriles is 1. The van der Waals surface area contributed by atoms with Crippen molar-refractivity contribution in [3.05, 3.63) is 35.7 Å². The molecule has 0 atom stereocenters. The molecule has 0 aliphatic carbocycles. The first-order valence-corrected chi connectivity index (χ1v) is 5.14. The average molecular weight is 231 g/mol. The number of esters is 1. The fraction of sp³-hybridized carbons (Fsp3) is 0.250. The van der Waals surface area contributed by atoms with Crippen molar-refractivity contribution < 1.29 is 9.53 Å². The molecule has 1 aromatic rings. The summed E-state index contributed by atoms with van der Waals surface area (Å²) in [6.07, 6.45) is 2.93. The van der Waals surface area contributed by atoms with Crippen molar-refractivity contribution in [1.82, 2.24) is 4.98 Å². The number of nitrogens with zero attached hydrogens (tertiary/aromatic N) is 2. The second kappa shape index (κ2) is 6.28. The Balaban J connectivity index is 2.75. The summed E-state index contributed by atoms with van der Waals surface area (Å²) in [5.74, 6) is -0.0720. The third kappa shape index (κ3) is 3.95. The van der Waals surface area contributed by atoms with Gasteiger partial charge in [-0.05, 0) is 31.5 Å². The number of hydrogen-bond donors (Lipinski definition) is 1. The minimum absolute atomic E-state index is 0.0878. The topological polar surface area (TPSA) is 75.0 Å². The van der Waals surface area contributed by atoms with Gasteiger partial charge in [0.05, 0.1) is 6.61 Å². The normalized spacial score (nSPS) is 10.5. The summed E-state index contributed by atoms with van der Waals surface area (Å²) in [4.78, 5) is 15.3. The number of ether oxygens (including phenoxy) is 1. The number of hydrogen-bond acceptors (Lipinski definition) is 5. The minimum atomic E-state index is -0.643. The maximum absolute atomic E-state index is 11.3. The molecule has 0 bridgehead atoms. The number of rotatable bonds is 4. The van der Waals surface area contributed by atoms with Gasteiger partial charge < -0.3 is 10.1 Å². The molecule has 1 aromatic heterocycles. The molecule has 1 rings (SSSR count). The number of anilines is 1. The van der Waals surface area contributed by atoms with E-state index >= 15 is 0 Å². The number of carbonyl (C=O) groups is 1. The lowest BCUT2D eigenvalue weighted by Gasteiger charge is -2.02. The third-order valence-corrected chi connectivity index (χ3v) is 1.90. The van der Waals surface area contributed by atoms with Crippen LogP contribution in [0, 0.1) is 18.3 Å². The summed E-state index contributed by atoms with van der Waals surface area (Å²) in [7, 11) is 0. The van der Waals surface area contributed by atoms with Crippen LogP contribution >= 0.6 is 0 Å². The summed E-state index contributed by atoms with van der Waals surface area (Å²) >= 11 is 0. The standard InChI is InChI=1S/C12H13N3O2/c1-3-17-12(16)10(7-13)8-15-11-6-9(2)4-5-14-11/h4-6,8H,3H2,1-2H3,(H,14,15)/b10-8-. The molecule has 5 nitrogen and oxygen atoms in total. The van der Waals surface area contributed by atoms with Gasteiger partial charge in [0.2, 0.25) is 0 Å². The van der Waals surface area contributed by atoms with Gasteiger partial charge in [0.1, 0.15) is 11.9 Å². The number of pyridine rings is 1. The van der Waals surface area contributed by atoms with Crippen LogP contribution in [0.3, 0.4) is 0 Å². The van der Waals surface area contributed by atoms with Gasteiger partial charge in [0.15, 0.2) is 5.57 Å². The van der Waals surface area contributed by atoms with Crippen LogP contribution in [-0.4, -0.2) is 17.6 Å². The minimum Gasteiger partial charge on any atom is -0.462 e. The first kappa shape index (κ1) is 12.7. The lowest BCUT2D eigenvalue weighted by atomic mass is 10.3. The molecule has 0 radical (unpaired) electrons. The number of nitrogens with one attached hydrogen (secondary N) is 1. The van der Waals surface area contributed by atoms with Crippen molar-refractivity contribution in [2.75, 3.05) is 11.9 Å². The van der Waals surface area contributed by atoms with E-state index in [-0.39, 0.29) is 12.2 Å². The monoisotopic (exact) mass is 231 g/mol. The average Bonchev–Trinajstić information content (AvgIpc) is 2.30. The molecule has 0 saturated heterocycles. The molecule has 0 aliphatic heterocycles. The molecule has 0 aromatic carbocycles. The zero-order chi connectivity index (χ0) is 12.7. The molecule has 5 heteroatoms. The van der Waals surface area contributed by atoms with Crippen LogP contribution in [0.4, 0.5) is 5.82 Å². The second-order valence-electron chi connectivity index (χ2n) is 3.25. The maximum Gasteiger partial charge on any atom is 0.350 e. The van der Waals surface area contributed by atoms with Crippen LogP contribution in [0.15, 0.2) is 30.1 Å². The van der Waals surface area contributed by atoms with E-state index in [0.717, 1.165) is 5.56 Å². The van der Waals surface area contributed by atoms with E-state index in [4.69, 9.17) is 10.00 Å². The zero-order valence-corrected chi connectivity index (χ0v) is 9.73. The largest absolute Gasteiger partial charge is 0.462 e. The molecule has 0 aliphatic rings. The van der Waals surface area contributed by atoms with E-state index in [1.54, 1.807) is 25.3 Å². The van der Waals surface area contributed by atoms with Crippen LogP contribution in [0.2, 0.25) is 0 Å². The van der Waals surface area contributed by atoms with E-state index in [0.29, 0.717) is 5.82 Å². The summed E-state index contributed by atoms with van der Waals surface area (Å²) < 4.78 is 4.72. The predicted octanol–water partition coefficient (Wildman–Crippen LogP) is 1.77. The summed E-state index contributed by atoms with van der Waals surface area (Å²) in [6.45, 7) is 3.84. The Hall–Kier alpha value is -2.35. The van der Waals surface area contributed by atoms with Crippen LogP contribution in [0.1, 0.15) is 12.5 Å². The van der Waals surface area contributed by atoms with Gasteiger partial charge in [-0.2, -0.15) is 5.26 Å². The van der Waals surface area contributed by atoms with Crippen molar-refractivity contribution in [2.45, 2.75) is 13.8 Å². The second-order valence-corrected chi connectivity index (χ2v) is 3.25. The van der Waals surface area contributed by atoms with E-state index in [1.807, 2.05) is 13.0 Å². The summed E-state index contributed by atoms with van der Waals surface area (Å²) in [5.41, 5.74) is 0.945. The van der Waals surface area contributed by atoms with E-state index < -0.39 is 5.97 Å². The number of carbonyl (C=O) groups excluding carboxylic acids is 1. The van der Waals surface area contributed by atoms with E-state index in [2.05, 4.69) is 10.3 Å². The van der Waals surface area contributed by atoms with Gasteiger partial charge in [-0.3, -0.25) is 0 Å². The smallest absolute Gasteiger partial charge is 0.350 e. The van der Waals surface area contributed by atoms with Crippen LogP contribution in [-0.2, 0) is 9.53 Å². The van der Waals surface area contributed by atoms with Crippen molar-refractivity contribution in [2.24, 2.45) is 0 Å². The van der Waals surface area contributed by atoms with Gasteiger partial charge in [-0.25, -0.2) is 9.78 Å². The van der Waals surface area contributed by atoms with Gasteiger partial charge >= 0.3 is 5.97 Å². The molecular weight excluding hydrogens is 218 g/mol. The van der Waals surface area contributed by atoms with Crippen LogP contribution < -0.4 is 5.32 Å². The summed E-state index contributed by atoms with van der Waals surface area (Å²) in [6, 6.07) is 5.42. The Kier molecular flexibility index (Phi) is 4.70. The molecule has 0 saturated carbocycles. The molecule has 0 unspecified atom stereocenters.